The quantitative estimate of drug-likeness (QED) is 0.837. The highest BCUT2D eigenvalue weighted by molar-refractivity contribution is 5.81. The highest BCUT2D eigenvalue weighted by Crippen LogP contribution is 2.19. The van der Waals surface area contributed by atoms with Crippen LogP contribution in [0.2, 0.25) is 0 Å². The molecule has 0 aliphatic carbocycles. The molecule has 4 heteroatoms. The number of para-hydroxylation sites is 1. The van der Waals surface area contributed by atoms with Crippen molar-refractivity contribution in [3.63, 3.8) is 0 Å². The number of ether oxygens (including phenoxy) is 1. The second-order valence-electron chi connectivity index (χ2n) is 4.40. The summed E-state index contributed by atoms with van der Waals surface area (Å²) >= 11 is 0. The van der Waals surface area contributed by atoms with Crippen LogP contribution in [-0.2, 0) is 11.3 Å². The van der Waals surface area contributed by atoms with E-state index in [1.807, 2.05) is 31.2 Å². The van der Waals surface area contributed by atoms with Crippen LogP contribution in [0, 0.1) is 0 Å². The third kappa shape index (κ3) is 3.74. The van der Waals surface area contributed by atoms with E-state index in [2.05, 4.69) is 0 Å². The number of amides is 1. The van der Waals surface area contributed by atoms with Crippen LogP contribution in [0.15, 0.2) is 24.3 Å². The van der Waals surface area contributed by atoms with Gasteiger partial charge in [-0.05, 0) is 12.5 Å². The minimum absolute atomic E-state index is 0.0252. The third-order valence-electron chi connectivity index (χ3n) is 2.89. The lowest BCUT2D eigenvalue weighted by Crippen LogP contribution is -2.41. The van der Waals surface area contributed by atoms with Gasteiger partial charge in [-0.15, -0.1) is 0 Å². The van der Waals surface area contributed by atoms with Crippen LogP contribution in [0.4, 0.5) is 0 Å². The molecule has 1 rings (SSSR count). The zero-order valence-corrected chi connectivity index (χ0v) is 11.3. The van der Waals surface area contributed by atoms with Crippen molar-refractivity contribution in [2.24, 2.45) is 5.73 Å². The number of nitrogens with zero attached hydrogens (tertiary/aromatic N) is 1. The molecule has 0 radical (unpaired) electrons. The predicted octanol–water partition coefficient (Wildman–Crippen LogP) is 1.78. The van der Waals surface area contributed by atoms with Gasteiger partial charge in [0.1, 0.15) is 5.75 Å². The Morgan fingerprint density at radius 2 is 2.11 bits per heavy atom. The number of likely N-dealkylation sites (N-methyl/N-ethyl adjacent to an activating group) is 1. The summed E-state index contributed by atoms with van der Waals surface area (Å²) in [5.41, 5.74) is 6.82. The van der Waals surface area contributed by atoms with Crippen molar-refractivity contribution in [3.8, 4) is 5.75 Å². The molecule has 1 atom stereocenters. The molecule has 0 saturated heterocycles. The maximum atomic E-state index is 12.0. The fourth-order valence-electron chi connectivity index (χ4n) is 1.88. The van der Waals surface area contributed by atoms with Gasteiger partial charge >= 0.3 is 0 Å². The molecule has 1 aromatic carbocycles. The van der Waals surface area contributed by atoms with Crippen molar-refractivity contribution >= 4 is 5.91 Å². The maximum Gasteiger partial charge on any atom is 0.239 e. The summed E-state index contributed by atoms with van der Waals surface area (Å²) in [5.74, 6) is 0.768. The second kappa shape index (κ2) is 7.01. The fraction of sp³-hybridized carbons (Fsp3) is 0.500. The Hall–Kier alpha value is -1.55. The van der Waals surface area contributed by atoms with E-state index in [0.29, 0.717) is 6.54 Å². The van der Waals surface area contributed by atoms with Gasteiger partial charge < -0.3 is 15.4 Å². The molecule has 1 amide bonds. The molecular weight excluding hydrogens is 228 g/mol. The molecule has 1 aromatic rings. The number of carbonyl (C=O) groups is 1. The van der Waals surface area contributed by atoms with E-state index in [1.54, 1.807) is 19.1 Å². The van der Waals surface area contributed by atoms with E-state index in [-0.39, 0.29) is 5.91 Å². The van der Waals surface area contributed by atoms with Gasteiger partial charge in [0.05, 0.1) is 13.2 Å². The lowest BCUT2D eigenvalue weighted by atomic mass is 10.1. The van der Waals surface area contributed by atoms with Gasteiger partial charge in [-0.3, -0.25) is 4.79 Å². The first-order valence-electron chi connectivity index (χ1n) is 6.22. The van der Waals surface area contributed by atoms with Gasteiger partial charge in [-0.1, -0.05) is 31.5 Å². The maximum absolute atomic E-state index is 12.0. The van der Waals surface area contributed by atoms with Gasteiger partial charge in [-0.2, -0.15) is 0 Å². The van der Waals surface area contributed by atoms with Crippen molar-refractivity contribution in [2.75, 3.05) is 14.2 Å². The van der Waals surface area contributed by atoms with Gasteiger partial charge in [0.25, 0.3) is 0 Å². The van der Waals surface area contributed by atoms with Crippen molar-refractivity contribution in [1.29, 1.82) is 0 Å². The summed E-state index contributed by atoms with van der Waals surface area (Å²) in [4.78, 5) is 13.6. The van der Waals surface area contributed by atoms with Crippen molar-refractivity contribution < 1.29 is 9.53 Å². The van der Waals surface area contributed by atoms with Crippen LogP contribution >= 0.6 is 0 Å². The number of rotatable bonds is 6. The molecule has 18 heavy (non-hydrogen) atoms. The molecule has 0 bridgehead atoms. The standard InChI is InChI=1S/C14H22N2O2/c1-4-7-12(15)14(17)16(2)10-11-8-5-6-9-13(11)18-3/h5-6,8-9,12H,4,7,10,15H2,1-3H3/t12-/m0/s1. The van der Waals surface area contributed by atoms with E-state index in [4.69, 9.17) is 10.5 Å². The summed E-state index contributed by atoms with van der Waals surface area (Å²) in [6.07, 6.45) is 1.63. The number of nitrogens with two attached hydrogens (primary N) is 1. The molecule has 0 heterocycles. The number of hydrogen-bond acceptors (Lipinski definition) is 3. The van der Waals surface area contributed by atoms with Gasteiger partial charge in [0, 0.05) is 19.2 Å². The minimum Gasteiger partial charge on any atom is -0.496 e. The first kappa shape index (κ1) is 14.5. The van der Waals surface area contributed by atoms with E-state index in [0.717, 1.165) is 24.2 Å². The van der Waals surface area contributed by atoms with E-state index in [9.17, 15) is 4.79 Å². The SMILES string of the molecule is CCC[C@H](N)C(=O)N(C)Cc1ccccc1OC. The molecule has 0 aliphatic rings. The van der Waals surface area contributed by atoms with Gasteiger partial charge in [0.15, 0.2) is 0 Å². The molecule has 100 valence electrons. The average Bonchev–Trinajstić information content (AvgIpc) is 2.38. The van der Waals surface area contributed by atoms with Crippen LogP contribution in [0.25, 0.3) is 0 Å². The lowest BCUT2D eigenvalue weighted by molar-refractivity contribution is -0.132. The Balaban J connectivity index is 2.69. The molecular formula is C14H22N2O2. The van der Waals surface area contributed by atoms with Crippen LogP contribution in [0.5, 0.6) is 5.75 Å². The Bertz CT molecular complexity index is 393. The predicted molar refractivity (Wildman–Crippen MR) is 72.4 cm³/mol. The van der Waals surface area contributed by atoms with Crippen LogP contribution < -0.4 is 10.5 Å². The van der Waals surface area contributed by atoms with Crippen molar-refractivity contribution in [3.05, 3.63) is 29.8 Å². The first-order valence-corrected chi connectivity index (χ1v) is 6.22. The zero-order chi connectivity index (χ0) is 13.5. The molecule has 0 fully saturated rings. The summed E-state index contributed by atoms with van der Waals surface area (Å²) in [5, 5.41) is 0. The number of hydrogen-bond donors (Lipinski definition) is 1. The van der Waals surface area contributed by atoms with Gasteiger partial charge in [-0.25, -0.2) is 0 Å². The Morgan fingerprint density at radius 3 is 2.72 bits per heavy atom. The molecule has 0 spiro atoms. The summed E-state index contributed by atoms with van der Waals surface area (Å²) in [6.45, 7) is 2.54. The first-order chi connectivity index (χ1) is 8.60. The fourth-order valence-corrected chi connectivity index (χ4v) is 1.88. The minimum atomic E-state index is -0.408. The molecule has 0 aliphatic heterocycles. The highest BCUT2D eigenvalue weighted by Gasteiger charge is 2.18. The Morgan fingerprint density at radius 1 is 1.44 bits per heavy atom. The van der Waals surface area contributed by atoms with E-state index >= 15 is 0 Å². The summed E-state index contributed by atoms with van der Waals surface area (Å²) in [6, 6.07) is 7.28. The van der Waals surface area contributed by atoms with Crippen LogP contribution in [0.3, 0.4) is 0 Å². The molecule has 4 nitrogen and oxygen atoms in total. The summed E-state index contributed by atoms with van der Waals surface area (Å²) in [7, 11) is 3.40. The van der Waals surface area contributed by atoms with E-state index < -0.39 is 6.04 Å². The Kier molecular flexibility index (Phi) is 5.65. The van der Waals surface area contributed by atoms with Crippen molar-refractivity contribution in [2.45, 2.75) is 32.4 Å². The topological polar surface area (TPSA) is 55.6 Å². The largest absolute Gasteiger partial charge is 0.496 e. The third-order valence-corrected chi connectivity index (χ3v) is 2.89. The molecule has 0 unspecified atom stereocenters. The molecule has 0 saturated carbocycles. The summed E-state index contributed by atoms with van der Waals surface area (Å²) < 4.78 is 5.26. The van der Waals surface area contributed by atoms with Crippen molar-refractivity contribution in [1.82, 2.24) is 4.90 Å². The molecule has 0 aromatic heterocycles. The highest BCUT2D eigenvalue weighted by atomic mass is 16.5. The normalized spacial score (nSPS) is 12.0. The average molecular weight is 250 g/mol. The lowest BCUT2D eigenvalue weighted by Gasteiger charge is -2.22. The van der Waals surface area contributed by atoms with Crippen LogP contribution in [-0.4, -0.2) is 31.0 Å². The zero-order valence-electron chi connectivity index (χ0n) is 11.3. The Labute approximate surface area is 109 Å². The number of methoxy groups -OCH3 is 1. The monoisotopic (exact) mass is 250 g/mol. The van der Waals surface area contributed by atoms with Crippen LogP contribution in [0.1, 0.15) is 25.3 Å². The van der Waals surface area contributed by atoms with Gasteiger partial charge in [0.2, 0.25) is 5.91 Å². The second-order valence-corrected chi connectivity index (χ2v) is 4.40. The number of carbonyl (C=O) groups excluding carboxylic acids is 1. The molecule has 2 N–H and O–H groups in total. The number of benzene rings is 1. The van der Waals surface area contributed by atoms with E-state index in [1.165, 1.54) is 0 Å². The smallest absolute Gasteiger partial charge is 0.239 e.